The number of nitrogens with zero attached hydrogens (tertiary/aromatic N) is 1. The van der Waals surface area contributed by atoms with E-state index in [0.717, 1.165) is 24.1 Å². The van der Waals surface area contributed by atoms with Crippen molar-refractivity contribution in [2.45, 2.75) is 12.8 Å². The van der Waals surface area contributed by atoms with Crippen molar-refractivity contribution in [1.82, 2.24) is 5.43 Å². The lowest BCUT2D eigenvalue weighted by atomic mass is 10.1. The molecular formula is C11H14N3S. The minimum atomic E-state index is 0.174. The molecule has 0 heterocycles. The van der Waals surface area contributed by atoms with Gasteiger partial charge in [0.2, 0.25) is 0 Å². The number of benzene rings is 1. The van der Waals surface area contributed by atoms with Crippen LogP contribution >= 0.6 is 12.2 Å². The van der Waals surface area contributed by atoms with Gasteiger partial charge in [-0.3, -0.25) is 5.43 Å². The van der Waals surface area contributed by atoms with Crippen LogP contribution in [0.1, 0.15) is 18.4 Å². The summed E-state index contributed by atoms with van der Waals surface area (Å²) in [4.78, 5) is 0. The Morgan fingerprint density at radius 2 is 2.07 bits per heavy atom. The first-order chi connectivity index (χ1) is 7.24. The molecule has 0 spiro atoms. The monoisotopic (exact) mass is 220 g/mol. The van der Waals surface area contributed by atoms with Crippen molar-refractivity contribution in [2.24, 2.45) is 10.8 Å². The van der Waals surface area contributed by atoms with E-state index in [1.165, 1.54) is 0 Å². The topological polar surface area (TPSA) is 50.4 Å². The van der Waals surface area contributed by atoms with Crippen LogP contribution in [-0.4, -0.2) is 10.8 Å². The van der Waals surface area contributed by atoms with Crippen molar-refractivity contribution in [3.63, 3.8) is 0 Å². The second-order valence-corrected chi connectivity index (χ2v) is 3.44. The summed E-state index contributed by atoms with van der Waals surface area (Å²) < 4.78 is 0. The molecule has 3 nitrogen and oxygen atoms in total. The van der Waals surface area contributed by atoms with E-state index in [2.05, 4.69) is 17.5 Å². The molecule has 1 radical (unpaired) electrons. The van der Waals surface area contributed by atoms with Crippen LogP contribution in [0.2, 0.25) is 0 Å². The summed E-state index contributed by atoms with van der Waals surface area (Å²) >= 11 is 4.69. The maximum absolute atomic E-state index is 5.31. The molecule has 0 amide bonds. The van der Waals surface area contributed by atoms with E-state index in [1.54, 1.807) is 0 Å². The van der Waals surface area contributed by atoms with Crippen molar-refractivity contribution in [3.8, 4) is 0 Å². The average molecular weight is 220 g/mol. The summed E-state index contributed by atoms with van der Waals surface area (Å²) in [6.45, 7) is 3.81. The van der Waals surface area contributed by atoms with Crippen molar-refractivity contribution in [3.05, 3.63) is 42.8 Å². The Morgan fingerprint density at radius 3 is 2.60 bits per heavy atom. The normalized spacial score (nSPS) is 11.1. The standard InChI is InChI=1S/C11H14N3S/c1-2-6-10(13-14-11(12)15)9-7-4-3-5-8-9/h3-5,7-8H,1-2,6H2,(H3,12,14,15)/b13-10+. The molecule has 0 saturated carbocycles. The maximum atomic E-state index is 5.31. The van der Waals surface area contributed by atoms with Gasteiger partial charge in [-0.15, -0.1) is 0 Å². The molecule has 0 bridgehead atoms. The smallest absolute Gasteiger partial charge is 0.184 e. The largest absolute Gasteiger partial charge is 0.375 e. The lowest BCUT2D eigenvalue weighted by Crippen LogP contribution is -2.25. The molecule has 4 heteroatoms. The molecule has 0 aliphatic carbocycles. The minimum absolute atomic E-state index is 0.174. The Balaban J connectivity index is 2.83. The third-order valence-electron chi connectivity index (χ3n) is 1.82. The highest BCUT2D eigenvalue weighted by molar-refractivity contribution is 7.80. The Kier molecular flexibility index (Phi) is 4.77. The maximum Gasteiger partial charge on any atom is 0.184 e. The number of hydrogen-bond acceptors (Lipinski definition) is 2. The van der Waals surface area contributed by atoms with Gasteiger partial charge in [-0.2, -0.15) is 5.10 Å². The van der Waals surface area contributed by atoms with Crippen molar-refractivity contribution >= 4 is 23.0 Å². The molecule has 15 heavy (non-hydrogen) atoms. The summed E-state index contributed by atoms with van der Waals surface area (Å²) in [5.74, 6) is 0. The van der Waals surface area contributed by atoms with E-state index in [0.29, 0.717) is 0 Å². The first kappa shape index (κ1) is 11.7. The van der Waals surface area contributed by atoms with Crippen LogP contribution in [0, 0.1) is 6.92 Å². The molecule has 0 saturated heterocycles. The Morgan fingerprint density at radius 1 is 1.40 bits per heavy atom. The summed E-state index contributed by atoms with van der Waals surface area (Å²) in [6, 6.07) is 9.89. The molecule has 79 valence electrons. The lowest BCUT2D eigenvalue weighted by Gasteiger charge is -2.05. The van der Waals surface area contributed by atoms with Gasteiger partial charge < -0.3 is 5.73 Å². The van der Waals surface area contributed by atoms with Crippen molar-refractivity contribution in [1.29, 1.82) is 0 Å². The second kappa shape index (κ2) is 6.14. The van der Waals surface area contributed by atoms with Crippen LogP contribution in [0.25, 0.3) is 0 Å². The molecule has 1 rings (SSSR count). The fourth-order valence-electron chi connectivity index (χ4n) is 1.19. The SMILES string of the molecule is [CH2]CC/C(=N\NC(N)=S)c1ccccc1. The highest BCUT2D eigenvalue weighted by Crippen LogP contribution is 2.05. The number of hydrazone groups is 1. The molecule has 1 aromatic carbocycles. The zero-order valence-corrected chi connectivity index (χ0v) is 9.26. The number of thiocarbonyl (C=S) groups is 1. The van der Waals surface area contributed by atoms with Gasteiger partial charge in [0.05, 0.1) is 5.71 Å². The zero-order chi connectivity index (χ0) is 11.1. The summed E-state index contributed by atoms with van der Waals surface area (Å²) in [6.07, 6.45) is 1.58. The first-order valence-electron chi connectivity index (χ1n) is 4.70. The van der Waals surface area contributed by atoms with Gasteiger partial charge >= 0.3 is 0 Å². The number of nitrogens with one attached hydrogen (secondary N) is 1. The molecule has 0 fully saturated rings. The van der Waals surface area contributed by atoms with E-state index in [9.17, 15) is 0 Å². The molecule has 0 aromatic heterocycles. The van der Waals surface area contributed by atoms with Crippen molar-refractivity contribution < 1.29 is 0 Å². The Bertz CT molecular complexity index is 346. The van der Waals surface area contributed by atoms with Crippen LogP contribution in [0.4, 0.5) is 0 Å². The van der Waals surface area contributed by atoms with Gasteiger partial charge in [-0.05, 0) is 30.6 Å². The van der Waals surface area contributed by atoms with Gasteiger partial charge in [0.15, 0.2) is 5.11 Å². The minimum Gasteiger partial charge on any atom is -0.375 e. The Hall–Kier alpha value is -1.42. The van der Waals surface area contributed by atoms with Crippen molar-refractivity contribution in [2.75, 3.05) is 0 Å². The van der Waals surface area contributed by atoms with Crippen LogP contribution < -0.4 is 11.2 Å². The molecule has 0 atom stereocenters. The summed E-state index contributed by atoms with van der Waals surface area (Å²) in [5.41, 5.74) is 9.89. The number of nitrogens with two attached hydrogens (primary N) is 1. The molecule has 0 aliphatic heterocycles. The molecule has 0 aliphatic rings. The molecular weight excluding hydrogens is 206 g/mol. The van der Waals surface area contributed by atoms with Crippen LogP contribution in [0.3, 0.4) is 0 Å². The van der Waals surface area contributed by atoms with E-state index in [-0.39, 0.29) is 5.11 Å². The van der Waals surface area contributed by atoms with Gasteiger partial charge in [-0.25, -0.2) is 0 Å². The molecule has 1 aromatic rings. The molecule has 0 unspecified atom stereocenters. The summed E-state index contributed by atoms with van der Waals surface area (Å²) in [7, 11) is 0. The average Bonchev–Trinajstić information content (AvgIpc) is 2.25. The third-order valence-corrected chi connectivity index (χ3v) is 1.91. The highest BCUT2D eigenvalue weighted by Gasteiger charge is 2.01. The van der Waals surface area contributed by atoms with Crippen LogP contribution in [0.5, 0.6) is 0 Å². The highest BCUT2D eigenvalue weighted by atomic mass is 32.1. The lowest BCUT2D eigenvalue weighted by molar-refractivity contribution is 0.990. The summed E-state index contributed by atoms with van der Waals surface area (Å²) in [5, 5.41) is 4.32. The number of rotatable bonds is 4. The van der Waals surface area contributed by atoms with E-state index in [1.807, 2.05) is 30.3 Å². The van der Waals surface area contributed by atoms with Gasteiger partial charge in [0.25, 0.3) is 0 Å². The van der Waals surface area contributed by atoms with E-state index >= 15 is 0 Å². The fourth-order valence-corrected chi connectivity index (χ4v) is 1.23. The van der Waals surface area contributed by atoms with Gasteiger partial charge in [-0.1, -0.05) is 37.3 Å². The fraction of sp³-hybridized carbons (Fsp3) is 0.182. The molecule has 3 N–H and O–H groups in total. The predicted octanol–water partition coefficient (Wildman–Crippen LogP) is 1.84. The van der Waals surface area contributed by atoms with Gasteiger partial charge in [0, 0.05) is 0 Å². The second-order valence-electron chi connectivity index (χ2n) is 3.00. The predicted molar refractivity (Wildman–Crippen MR) is 67.5 cm³/mol. The van der Waals surface area contributed by atoms with Crippen LogP contribution in [-0.2, 0) is 0 Å². The number of hydrogen-bond donors (Lipinski definition) is 2. The van der Waals surface area contributed by atoms with E-state index in [4.69, 9.17) is 18.0 Å². The van der Waals surface area contributed by atoms with Crippen LogP contribution in [0.15, 0.2) is 35.4 Å². The van der Waals surface area contributed by atoms with E-state index < -0.39 is 0 Å². The quantitative estimate of drug-likeness (QED) is 0.462. The Labute approximate surface area is 95.4 Å². The first-order valence-corrected chi connectivity index (χ1v) is 5.11. The third kappa shape index (κ3) is 4.08. The zero-order valence-electron chi connectivity index (χ0n) is 8.44. The van der Waals surface area contributed by atoms with Gasteiger partial charge in [0.1, 0.15) is 0 Å².